The number of amides is 4. The van der Waals surface area contributed by atoms with Gasteiger partial charge in [0.1, 0.15) is 11.3 Å². The van der Waals surface area contributed by atoms with Gasteiger partial charge in [-0.25, -0.2) is 9.69 Å². The number of urea groups is 1. The second-order valence-electron chi connectivity index (χ2n) is 7.11. The molecule has 4 rings (SSSR count). The first-order valence-corrected chi connectivity index (χ1v) is 10.2. The second-order valence-corrected chi connectivity index (χ2v) is 7.11. The number of ether oxygens (including phenoxy) is 1. The molecule has 0 saturated carbocycles. The van der Waals surface area contributed by atoms with Crippen molar-refractivity contribution in [2.45, 2.75) is 20.3 Å². The molecule has 0 unspecified atom stereocenters. The minimum atomic E-state index is -0.764. The highest BCUT2D eigenvalue weighted by molar-refractivity contribution is 6.39. The summed E-state index contributed by atoms with van der Waals surface area (Å²) in [6, 6.07) is 17.7. The van der Waals surface area contributed by atoms with Crippen LogP contribution in [0.3, 0.4) is 0 Å². The van der Waals surface area contributed by atoms with Crippen LogP contribution in [-0.4, -0.2) is 24.5 Å². The molecule has 0 spiro atoms. The average Bonchev–Trinajstić information content (AvgIpc) is 2.78. The summed E-state index contributed by atoms with van der Waals surface area (Å²) >= 11 is 0. The summed E-state index contributed by atoms with van der Waals surface area (Å²) in [7, 11) is 0. The number of nitrogens with zero attached hydrogens (tertiary/aromatic N) is 1. The molecule has 0 aromatic heterocycles. The van der Waals surface area contributed by atoms with E-state index in [2.05, 4.69) is 5.32 Å². The molecule has 6 nitrogen and oxygen atoms in total. The largest absolute Gasteiger partial charge is 0.493 e. The number of carbonyl (C=O) groups excluding carboxylic acids is 3. The molecule has 1 aliphatic rings. The summed E-state index contributed by atoms with van der Waals surface area (Å²) in [6.45, 7) is 4.32. The van der Waals surface area contributed by atoms with E-state index in [9.17, 15) is 14.4 Å². The van der Waals surface area contributed by atoms with E-state index >= 15 is 0 Å². The van der Waals surface area contributed by atoms with Gasteiger partial charge in [0.2, 0.25) is 0 Å². The minimum absolute atomic E-state index is 0.128. The lowest BCUT2D eigenvalue weighted by Gasteiger charge is -2.26. The van der Waals surface area contributed by atoms with Gasteiger partial charge in [0.15, 0.2) is 0 Å². The molecule has 0 bridgehead atoms. The first-order chi connectivity index (χ1) is 15.0. The molecule has 1 aliphatic heterocycles. The molecule has 0 radical (unpaired) electrons. The molecule has 3 aromatic rings. The van der Waals surface area contributed by atoms with Crippen molar-refractivity contribution in [3.05, 3.63) is 77.4 Å². The van der Waals surface area contributed by atoms with Crippen LogP contribution in [0, 0.1) is 0 Å². The topological polar surface area (TPSA) is 75.7 Å². The number of aryl methyl sites for hydroxylation is 1. The van der Waals surface area contributed by atoms with E-state index < -0.39 is 17.8 Å². The SMILES string of the molecule is CCOc1ccc2ccccc2c1/C=C1\C(=O)NC(=O)N(c2ccc(CC)cc2)C1=O. The van der Waals surface area contributed by atoms with Crippen LogP contribution in [0.25, 0.3) is 16.8 Å². The predicted molar refractivity (Wildman–Crippen MR) is 120 cm³/mol. The van der Waals surface area contributed by atoms with Gasteiger partial charge in [-0.1, -0.05) is 49.4 Å². The van der Waals surface area contributed by atoms with Crippen molar-refractivity contribution in [2.24, 2.45) is 0 Å². The third-order valence-electron chi connectivity index (χ3n) is 5.22. The highest BCUT2D eigenvalue weighted by Crippen LogP contribution is 2.32. The van der Waals surface area contributed by atoms with Gasteiger partial charge in [-0.15, -0.1) is 0 Å². The van der Waals surface area contributed by atoms with Gasteiger partial charge in [0, 0.05) is 5.56 Å². The number of hydrogen-bond donors (Lipinski definition) is 1. The molecule has 1 fully saturated rings. The quantitative estimate of drug-likeness (QED) is 0.494. The Labute approximate surface area is 180 Å². The van der Waals surface area contributed by atoms with E-state index in [1.807, 2.05) is 62.4 Å². The van der Waals surface area contributed by atoms with Crippen LogP contribution >= 0.6 is 0 Å². The zero-order valence-corrected chi connectivity index (χ0v) is 17.3. The monoisotopic (exact) mass is 414 g/mol. The normalized spacial score (nSPS) is 15.5. The average molecular weight is 414 g/mol. The van der Waals surface area contributed by atoms with Crippen LogP contribution in [-0.2, 0) is 16.0 Å². The van der Waals surface area contributed by atoms with Crippen LogP contribution in [0.5, 0.6) is 5.75 Å². The minimum Gasteiger partial charge on any atom is -0.493 e. The van der Waals surface area contributed by atoms with Crippen molar-refractivity contribution >= 4 is 40.4 Å². The Balaban J connectivity index is 1.83. The Hall–Kier alpha value is -3.93. The Bertz CT molecular complexity index is 1210. The number of barbiturate groups is 1. The summed E-state index contributed by atoms with van der Waals surface area (Å²) in [5, 5.41) is 4.07. The Morgan fingerprint density at radius 3 is 2.39 bits per heavy atom. The highest BCUT2D eigenvalue weighted by atomic mass is 16.5. The fourth-order valence-corrected chi connectivity index (χ4v) is 3.62. The third-order valence-corrected chi connectivity index (χ3v) is 5.22. The van der Waals surface area contributed by atoms with E-state index in [1.54, 1.807) is 12.1 Å². The molecule has 31 heavy (non-hydrogen) atoms. The van der Waals surface area contributed by atoms with Gasteiger partial charge < -0.3 is 4.74 Å². The number of anilines is 1. The van der Waals surface area contributed by atoms with Crippen molar-refractivity contribution in [2.75, 3.05) is 11.5 Å². The molecule has 4 amide bonds. The second kappa shape index (κ2) is 8.44. The lowest BCUT2D eigenvalue weighted by Crippen LogP contribution is -2.54. The Morgan fingerprint density at radius 2 is 1.68 bits per heavy atom. The summed E-state index contributed by atoms with van der Waals surface area (Å²) in [5.41, 5.74) is 1.98. The molecule has 1 heterocycles. The van der Waals surface area contributed by atoms with Crippen LogP contribution in [0.1, 0.15) is 25.0 Å². The zero-order chi connectivity index (χ0) is 22.0. The maximum absolute atomic E-state index is 13.2. The third kappa shape index (κ3) is 3.80. The molecule has 1 saturated heterocycles. The van der Waals surface area contributed by atoms with Gasteiger partial charge in [0.25, 0.3) is 11.8 Å². The lowest BCUT2D eigenvalue weighted by atomic mass is 9.99. The van der Waals surface area contributed by atoms with Gasteiger partial charge in [0.05, 0.1) is 12.3 Å². The number of nitrogens with one attached hydrogen (secondary N) is 1. The Kier molecular flexibility index (Phi) is 5.54. The predicted octanol–water partition coefficient (Wildman–Crippen LogP) is 4.47. The number of fused-ring (bicyclic) bond motifs is 1. The summed E-state index contributed by atoms with van der Waals surface area (Å²) in [6.07, 6.45) is 2.34. The molecule has 156 valence electrons. The maximum atomic E-state index is 13.2. The van der Waals surface area contributed by atoms with Crippen molar-refractivity contribution < 1.29 is 19.1 Å². The first-order valence-electron chi connectivity index (χ1n) is 10.2. The zero-order valence-electron chi connectivity index (χ0n) is 17.3. The van der Waals surface area contributed by atoms with E-state index in [0.717, 1.165) is 27.7 Å². The molecule has 0 aliphatic carbocycles. The van der Waals surface area contributed by atoms with Crippen LogP contribution < -0.4 is 15.0 Å². The van der Waals surface area contributed by atoms with Crippen molar-refractivity contribution in [1.29, 1.82) is 0 Å². The van der Waals surface area contributed by atoms with E-state index in [-0.39, 0.29) is 5.57 Å². The van der Waals surface area contributed by atoms with E-state index in [0.29, 0.717) is 23.6 Å². The highest BCUT2D eigenvalue weighted by Gasteiger charge is 2.37. The lowest BCUT2D eigenvalue weighted by molar-refractivity contribution is -0.122. The molecule has 3 aromatic carbocycles. The fourth-order valence-electron chi connectivity index (χ4n) is 3.62. The van der Waals surface area contributed by atoms with Gasteiger partial charge >= 0.3 is 6.03 Å². The van der Waals surface area contributed by atoms with Crippen LogP contribution in [0.4, 0.5) is 10.5 Å². The van der Waals surface area contributed by atoms with Gasteiger partial charge in [-0.2, -0.15) is 0 Å². The standard InChI is InChI=1S/C25H22N2O4/c1-3-16-9-12-18(13-10-16)27-24(29)21(23(28)26-25(27)30)15-20-19-8-6-5-7-17(19)11-14-22(20)31-4-2/h5-15H,3-4H2,1-2H3,(H,26,28,30)/b21-15+. The van der Waals surface area contributed by atoms with Crippen LogP contribution in [0.2, 0.25) is 0 Å². The van der Waals surface area contributed by atoms with Gasteiger partial charge in [-0.3, -0.25) is 14.9 Å². The first kappa shape index (κ1) is 20.3. The van der Waals surface area contributed by atoms with E-state index in [4.69, 9.17) is 4.74 Å². The molecular formula is C25H22N2O4. The smallest absolute Gasteiger partial charge is 0.335 e. The van der Waals surface area contributed by atoms with Crippen LogP contribution in [0.15, 0.2) is 66.2 Å². The number of rotatable bonds is 5. The van der Waals surface area contributed by atoms with Crippen molar-refractivity contribution in [3.8, 4) is 5.75 Å². The number of carbonyl (C=O) groups is 3. The number of benzene rings is 3. The molecule has 0 atom stereocenters. The summed E-state index contributed by atoms with van der Waals surface area (Å²) in [4.78, 5) is 39.3. The molecule has 1 N–H and O–H groups in total. The summed E-state index contributed by atoms with van der Waals surface area (Å²) in [5.74, 6) is -0.842. The Morgan fingerprint density at radius 1 is 0.935 bits per heavy atom. The van der Waals surface area contributed by atoms with E-state index in [1.165, 1.54) is 6.08 Å². The number of hydrogen-bond acceptors (Lipinski definition) is 4. The molecular weight excluding hydrogens is 392 g/mol. The fraction of sp³-hybridized carbons (Fsp3) is 0.160. The summed E-state index contributed by atoms with van der Waals surface area (Å²) < 4.78 is 5.75. The molecule has 6 heteroatoms. The maximum Gasteiger partial charge on any atom is 0.335 e. The van der Waals surface area contributed by atoms with Crippen molar-refractivity contribution in [1.82, 2.24) is 5.32 Å². The van der Waals surface area contributed by atoms with Gasteiger partial charge in [-0.05, 0) is 54.0 Å². The van der Waals surface area contributed by atoms with Crippen molar-refractivity contribution in [3.63, 3.8) is 0 Å². The number of imide groups is 2.